The molecule has 0 bridgehead atoms. The van der Waals surface area contributed by atoms with Gasteiger partial charge in [-0.25, -0.2) is 5.01 Å². The van der Waals surface area contributed by atoms with Crippen molar-refractivity contribution in [2.24, 2.45) is 0 Å². The molecule has 0 saturated carbocycles. The summed E-state index contributed by atoms with van der Waals surface area (Å²) in [6, 6.07) is 22.6. The highest BCUT2D eigenvalue weighted by Gasteiger charge is 2.34. The highest BCUT2D eigenvalue weighted by molar-refractivity contribution is 9.10. The third kappa shape index (κ3) is 4.28. The number of rotatable bonds is 5. The molecule has 1 heterocycles. The third-order valence-electron chi connectivity index (χ3n) is 4.65. The van der Waals surface area contributed by atoms with E-state index in [1.54, 1.807) is 18.2 Å². The van der Waals surface area contributed by atoms with Crippen molar-refractivity contribution in [1.29, 1.82) is 0 Å². The summed E-state index contributed by atoms with van der Waals surface area (Å²) in [4.78, 5) is 25.3. The molecule has 30 heavy (non-hydrogen) atoms. The highest BCUT2D eigenvalue weighted by atomic mass is 79.9. The number of halogens is 1. The third-order valence-corrected chi connectivity index (χ3v) is 5.15. The number of carbonyl (C=O) groups excluding carboxylic acids is 2. The molecule has 0 aliphatic carbocycles. The van der Waals surface area contributed by atoms with Gasteiger partial charge in [0.05, 0.1) is 5.69 Å². The molecule has 5 nitrogen and oxygen atoms in total. The van der Waals surface area contributed by atoms with E-state index in [4.69, 9.17) is 4.74 Å². The number of nitrogens with one attached hydrogen (secondary N) is 1. The summed E-state index contributed by atoms with van der Waals surface area (Å²) in [5.41, 5.74) is 6.11. The fourth-order valence-electron chi connectivity index (χ4n) is 3.20. The van der Waals surface area contributed by atoms with Crippen LogP contribution in [0.5, 0.6) is 5.75 Å². The van der Waals surface area contributed by atoms with Gasteiger partial charge in [0.2, 0.25) is 0 Å². The molecule has 1 fully saturated rings. The molecule has 150 valence electrons. The lowest BCUT2D eigenvalue weighted by Gasteiger charge is -2.14. The van der Waals surface area contributed by atoms with Crippen LogP contribution in [0.2, 0.25) is 0 Å². The standard InChI is InChI=1S/C24H19BrN2O3/c1-16-6-5-7-17(12-16)15-30-22-11-10-19(25)13-18(22)14-21-23(28)26-27(24(21)29)20-8-3-2-4-9-20/h2-14H,15H2,1H3,(H,26,28)/b21-14-. The molecule has 6 heteroatoms. The summed E-state index contributed by atoms with van der Waals surface area (Å²) >= 11 is 3.45. The van der Waals surface area contributed by atoms with Crippen molar-refractivity contribution in [2.75, 3.05) is 5.01 Å². The van der Waals surface area contributed by atoms with Crippen molar-refractivity contribution in [3.63, 3.8) is 0 Å². The second-order valence-electron chi connectivity index (χ2n) is 6.93. The van der Waals surface area contributed by atoms with Gasteiger partial charge in [-0.3, -0.25) is 15.0 Å². The van der Waals surface area contributed by atoms with E-state index in [1.165, 1.54) is 5.01 Å². The van der Waals surface area contributed by atoms with Gasteiger partial charge in [-0.15, -0.1) is 0 Å². The van der Waals surface area contributed by atoms with E-state index in [9.17, 15) is 9.59 Å². The van der Waals surface area contributed by atoms with E-state index >= 15 is 0 Å². The Morgan fingerprint density at radius 3 is 2.57 bits per heavy atom. The SMILES string of the molecule is Cc1cccc(COc2ccc(Br)cc2/C=C2/C(=O)NN(c3ccccc3)C2=O)c1. The number of anilines is 1. The first-order valence-corrected chi connectivity index (χ1v) is 10.2. The number of hydrogen-bond donors (Lipinski definition) is 1. The summed E-state index contributed by atoms with van der Waals surface area (Å²) in [7, 11) is 0. The Balaban J connectivity index is 1.62. The number of para-hydroxylation sites is 1. The zero-order valence-electron chi connectivity index (χ0n) is 16.3. The maximum absolute atomic E-state index is 12.9. The molecule has 3 aromatic rings. The van der Waals surface area contributed by atoms with Gasteiger partial charge in [-0.05, 0) is 48.9 Å². The summed E-state index contributed by atoms with van der Waals surface area (Å²) in [5, 5.41) is 1.25. The number of carbonyl (C=O) groups is 2. The normalized spacial score (nSPS) is 14.9. The van der Waals surface area contributed by atoms with Gasteiger partial charge < -0.3 is 4.74 Å². The van der Waals surface area contributed by atoms with Crippen LogP contribution < -0.4 is 15.2 Å². The van der Waals surface area contributed by atoms with E-state index in [0.717, 1.165) is 15.6 Å². The summed E-state index contributed by atoms with van der Waals surface area (Å²) in [6.45, 7) is 2.41. The van der Waals surface area contributed by atoms with Crippen LogP contribution in [0.15, 0.2) is 82.8 Å². The minimum atomic E-state index is -0.450. The second-order valence-corrected chi connectivity index (χ2v) is 7.85. The Kier molecular flexibility index (Phi) is 5.68. The Labute approximate surface area is 183 Å². The van der Waals surface area contributed by atoms with Crippen LogP contribution in [0.4, 0.5) is 5.69 Å². The lowest BCUT2D eigenvalue weighted by atomic mass is 10.1. The fraction of sp³-hybridized carbons (Fsp3) is 0.0833. The second kappa shape index (κ2) is 8.55. The molecule has 2 amide bonds. The van der Waals surface area contributed by atoms with Gasteiger partial charge >= 0.3 is 0 Å². The average Bonchev–Trinajstić information content (AvgIpc) is 3.02. The van der Waals surface area contributed by atoms with Crippen molar-refractivity contribution in [1.82, 2.24) is 5.43 Å². The van der Waals surface area contributed by atoms with Gasteiger partial charge in [0.1, 0.15) is 17.9 Å². The molecule has 0 radical (unpaired) electrons. The topological polar surface area (TPSA) is 58.6 Å². The van der Waals surface area contributed by atoms with E-state index in [0.29, 0.717) is 23.6 Å². The molecule has 1 N–H and O–H groups in total. The number of ether oxygens (including phenoxy) is 1. The Morgan fingerprint density at radius 2 is 1.80 bits per heavy atom. The van der Waals surface area contributed by atoms with Crippen molar-refractivity contribution < 1.29 is 14.3 Å². The van der Waals surface area contributed by atoms with E-state index in [1.807, 2.05) is 61.5 Å². The number of amides is 2. The zero-order valence-corrected chi connectivity index (χ0v) is 17.8. The van der Waals surface area contributed by atoms with Crippen molar-refractivity contribution in [3.05, 3.63) is 99.5 Å². The van der Waals surface area contributed by atoms with Crippen molar-refractivity contribution in [3.8, 4) is 5.75 Å². The summed E-state index contributed by atoms with van der Waals surface area (Å²) in [5.74, 6) is -0.268. The van der Waals surface area contributed by atoms with Crippen LogP contribution >= 0.6 is 15.9 Å². The quantitative estimate of drug-likeness (QED) is 0.437. The predicted octanol–water partition coefficient (Wildman–Crippen LogP) is 4.80. The molecule has 1 aliphatic heterocycles. The predicted molar refractivity (Wildman–Crippen MR) is 120 cm³/mol. The molecule has 0 spiro atoms. The fourth-order valence-corrected chi connectivity index (χ4v) is 3.58. The van der Waals surface area contributed by atoms with Crippen LogP contribution in [0, 0.1) is 6.92 Å². The number of hydrogen-bond acceptors (Lipinski definition) is 3. The largest absolute Gasteiger partial charge is 0.488 e. The molecular formula is C24H19BrN2O3. The van der Waals surface area contributed by atoms with Gasteiger partial charge in [0.25, 0.3) is 11.8 Å². The zero-order chi connectivity index (χ0) is 21.1. The van der Waals surface area contributed by atoms with E-state index < -0.39 is 11.8 Å². The Hall–Kier alpha value is -3.38. The maximum atomic E-state index is 12.9. The van der Waals surface area contributed by atoms with E-state index in [2.05, 4.69) is 27.4 Å². The van der Waals surface area contributed by atoms with Gasteiger partial charge in [0.15, 0.2) is 0 Å². The summed E-state index contributed by atoms with van der Waals surface area (Å²) < 4.78 is 6.83. The molecule has 0 unspecified atom stereocenters. The minimum absolute atomic E-state index is 0.0531. The molecule has 0 aromatic heterocycles. The Bertz CT molecular complexity index is 1140. The monoisotopic (exact) mass is 462 g/mol. The Morgan fingerprint density at radius 1 is 1.00 bits per heavy atom. The molecule has 3 aromatic carbocycles. The summed E-state index contributed by atoms with van der Waals surface area (Å²) in [6.07, 6.45) is 1.57. The maximum Gasteiger partial charge on any atom is 0.282 e. The molecule has 1 aliphatic rings. The first-order valence-electron chi connectivity index (χ1n) is 9.41. The number of hydrazine groups is 1. The van der Waals surface area contributed by atoms with E-state index in [-0.39, 0.29) is 5.57 Å². The van der Waals surface area contributed by atoms with Crippen LogP contribution in [-0.2, 0) is 16.2 Å². The lowest BCUT2D eigenvalue weighted by molar-refractivity contribution is -0.117. The molecule has 0 atom stereocenters. The molecule has 4 rings (SSSR count). The molecular weight excluding hydrogens is 444 g/mol. The van der Waals surface area contributed by atoms with Crippen LogP contribution in [-0.4, -0.2) is 11.8 Å². The lowest BCUT2D eigenvalue weighted by Crippen LogP contribution is -2.35. The van der Waals surface area contributed by atoms with Gasteiger partial charge in [-0.1, -0.05) is 64.0 Å². The van der Waals surface area contributed by atoms with Gasteiger partial charge in [-0.2, -0.15) is 0 Å². The van der Waals surface area contributed by atoms with Crippen LogP contribution in [0.1, 0.15) is 16.7 Å². The van der Waals surface area contributed by atoms with Gasteiger partial charge in [0, 0.05) is 10.0 Å². The van der Waals surface area contributed by atoms with Crippen LogP contribution in [0.3, 0.4) is 0 Å². The number of nitrogens with zero attached hydrogens (tertiary/aromatic N) is 1. The number of aryl methyl sites for hydroxylation is 1. The highest BCUT2D eigenvalue weighted by Crippen LogP contribution is 2.28. The van der Waals surface area contributed by atoms with Crippen molar-refractivity contribution in [2.45, 2.75) is 13.5 Å². The number of benzene rings is 3. The smallest absolute Gasteiger partial charge is 0.282 e. The molecule has 1 saturated heterocycles. The first kappa shape index (κ1) is 19.9. The first-order chi connectivity index (χ1) is 14.5. The average molecular weight is 463 g/mol. The van der Waals surface area contributed by atoms with Crippen LogP contribution in [0.25, 0.3) is 6.08 Å². The minimum Gasteiger partial charge on any atom is -0.488 e. The van der Waals surface area contributed by atoms with Crippen molar-refractivity contribution >= 4 is 39.5 Å².